The SMILES string of the molecule is ClCCCN1CCC(N2CCCC2)C1. The largest absolute Gasteiger partial charge is 0.302 e. The van der Waals surface area contributed by atoms with Crippen molar-refractivity contribution in [3.05, 3.63) is 0 Å². The van der Waals surface area contributed by atoms with Crippen LogP contribution in [-0.2, 0) is 0 Å². The molecule has 0 spiro atoms. The number of nitrogens with zero attached hydrogens (tertiary/aromatic N) is 2. The molecule has 2 aliphatic heterocycles. The van der Waals surface area contributed by atoms with Crippen LogP contribution in [0.4, 0.5) is 0 Å². The molecule has 1 unspecified atom stereocenters. The Hall–Kier alpha value is 0.210. The summed E-state index contributed by atoms with van der Waals surface area (Å²) in [7, 11) is 0. The van der Waals surface area contributed by atoms with Gasteiger partial charge in [0.2, 0.25) is 0 Å². The molecular formula is C11H21ClN2. The smallest absolute Gasteiger partial charge is 0.0235 e. The van der Waals surface area contributed by atoms with Crippen LogP contribution < -0.4 is 0 Å². The summed E-state index contributed by atoms with van der Waals surface area (Å²) in [6.07, 6.45) is 5.35. The number of likely N-dealkylation sites (tertiary alicyclic amines) is 2. The van der Waals surface area contributed by atoms with Crippen molar-refractivity contribution in [1.82, 2.24) is 9.80 Å². The van der Waals surface area contributed by atoms with E-state index in [1.807, 2.05) is 0 Å². The highest BCUT2D eigenvalue weighted by molar-refractivity contribution is 6.17. The van der Waals surface area contributed by atoms with Crippen LogP contribution in [0, 0.1) is 0 Å². The van der Waals surface area contributed by atoms with Crippen LogP contribution >= 0.6 is 11.6 Å². The van der Waals surface area contributed by atoms with Crippen molar-refractivity contribution in [3.8, 4) is 0 Å². The van der Waals surface area contributed by atoms with Gasteiger partial charge in [-0.25, -0.2) is 0 Å². The van der Waals surface area contributed by atoms with E-state index in [4.69, 9.17) is 11.6 Å². The van der Waals surface area contributed by atoms with Gasteiger partial charge in [-0.2, -0.15) is 0 Å². The first-order valence-corrected chi connectivity index (χ1v) is 6.46. The Morgan fingerprint density at radius 2 is 1.93 bits per heavy atom. The Labute approximate surface area is 92.2 Å². The molecule has 2 rings (SSSR count). The Balaban J connectivity index is 1.71. The molecule has 0 radical (unpaired) electrons. The van der Waals surface area contributed by atoms with Crippen LogP contribution in [0.5, 0.6) is 0 Å². The fourth-order valence-electron chi connectivity index (χ4n) is 2.70. The van der Waals surface area contributed by atoms with Crippen molar-refractivity contribution < 1.29 is 0 Å². The van der Waals surface area contributed by atoms with E-state index in [1.165, 1.54) is 52.0 Å². The van der Waals surface area contributed by atoms with Crippen molar-refractivity contribution in [2.45, 2.75) is 31.7 Å². The predicted molar refractivity (Wildman–Crippen MR) is 61.0 cm³/mol. The molecule has 0 amide bonds. The van der Waals surface area contributed by atoms with E-state index in [-0.39, 0.29) is 0 Å². The van der Waals surface area contributed by atoms with Gasteiger partial charge in [-0.15, -0.1) is 11.6 Å². The Morgan fingerprint density at radius 3 is 2.64 bits per heavy atom. The van der Waals surface area contributed by atoms with Crippen molar-refractivity contribution in [2.75, 3.05) is 38.6 Å². The summed E-state index contributed by atoms with van der Waals surface area (Å²) in [5.41, 5.74) is 0. The number of alkyl halides is 1. The summed E-state index contributed by atoms with van der Waals surface area (Å²) in [5, 5.41) is 0. The molecule has 82 valence electrons. The van der Waals surface area contributed by atoms with Crippen molar-refractivity contribution >= 4 is 11.6 Å². The average Bonchev–Trinajstić information content (AvgIpc) is 2.85. The van der Waals surface area contributed by atoms with Gasteiger partial charge in [0.15, 0.2) is 0 Å². The maximum Gasteiger partial charge on any atom is 0.0235 e. The maximum atomic E-state index is 5.71. The van der Waals surface area contributed by atoms with E-state index in [0.29, 0.717) is 0 Å². The Bertz CT molecular complexity index is 169. The monoisotopic (exact) mass is 216 g/mol. The first kappa shape index (κ1) is 10.7. The van der Waals surface area contributed by atoms with Crippen molar-refractivity contribution in [1.29, 1.82) is 0 Å². The lowest BCUT2D eigenvalue weighted by Gasteiger charge is -2.23. The fraction of sp³-hybridized carbons (Fsp3) is 1.00. The van der Waals surface area contributed by atoms with Gasteiger partial charge in [-0.3, -0.25) is 4.90 Å². The molecule has 0 aromatic carbocycles. The minimum absolute atomic E-state index is 0.810. The molecule has 0 aromatic rings. The molecule has 0 bridgehead atoms. The third-order valence-corrected chi connectivity index (χ3v) is 3.78. The first-order valence-electron chi connectivity index (χ1n) is 5.92. The molecule has 2 saturated heterocycles. The van der Waals surface area contributed by atoms with E-state index in [2.05, 4.69) is 9.80 Å². The zero-order valence-electron chi connectivity index (χ0n) is 8.92. The highest BCUT2D eigenvalue weighted by Crippen LogP contribution is 2.20. The summed E-state index contributed by atoms with van der Waals surface area (Å²) in [5.74, 6) is 0.810. The predicted octanol–water partition coefficient (Wildman–Crippen LogP) is 1.79. The second-order valence-corrected chi connectivity index (χ2v) is 4.91. The lowest BCUT2D eigenvalue weighted by atomic mass is 10.2. The van der Waals surface area contributed by atoms with E-state index < -0.39 is 0 Å². The second-order valence-electron chi connectivity index (χ2n) is 4.53. The quantitative estimate of drug-likeness (QED) is 0.662. The minimum atomic E-state index is 0.810. The molecule has 0 saturated carbocycles. The van der Waals surface area contributed by atoms with Gasteiger partial charge in [0.25, 0.3) is 0 Å². The molecule has 2 fully saturated rings. The van der Waals surface area contributed by atoms with Gasteiger partial charge in [-0.1, -0.05) is 0 Å². The number of hydrogen-bond donors (Lipinski definition) is 0. The molecule has 1 atom stereocenters. The van der Waals surface area contributed by atoms with E-state index in [9.17, 15) is 0 Å². The van der Waals surface area contributed by atoms with Gasteiger partial charge in [0.1, 0.15) is 0 Å². The maximum absolute atomic E-state index is 5.71. The van der Waals surface area contributed by atoms with Crippen LogP contribution in [0.3, 0.4) is 0 Å². The molecule has 14 heavy (non-hydrogen) atoms. The fourth-order valence-corrected chi connectivity index (χ4v) is 2.82. The minimum Gasteiger partial charge on any atom is -0.302 e. The van der Waals surface area contributed by atoms with Gasteiger partial charge < -0.3 is 4.90 Å². The summed E-state index contributed by atoms with van der Waals surface area (Å²) < 4.78 is 0. The third-order valence-electron chi connectivity index (χ3n) is 3.51. The Morgan fingerprint density at radius 1 is 1.14 bits per heavy atom. The number of hydrogen-bond acceptors (Lipinski definition) is 2. The molecule has 2 heterocycles. The summed E-state index contributed by atoms with van der Waals surface area (Å²) in [6.45, 7) is 6.46. The van der Waals surface area contributed by atoms with E-state index in [0.717, 1.165) is 18.3 Å². The van der Waals surface area contributed by atoms with Crippen LogP contribution in [0.15, 0.2) is 0 Å². The molecule has 0 N–H and O–H groups in total. The molecule has 0 aromatic heterocycles. The molecule has 2 nitrogen and oxygen atoms in total. The van der Waals surface area contributed by atoms with Crippen LogP contribution in [0.1, 0.15) is 25.7 Å². The van der Waals surface area contributed by atoms with E-state index >= 15 is 0 Å². The van der Waals surface area contributed by atoms with Gasteiger partial charge in [0.05, 0.1) is 0 Å². The molecule has 0 aliphatic carbocycles. The highest BCUT2D eigenvalue weighted by Gasteiger charge is 2.28. The Kier molecular flexibility index (Phi) is 4.09. The third kappa shape index (κ3) is 2.62. The van der Waals surface area contributed by atoms with Crippen molar-refractivity contribution in [3.63, 3.8) is 0 Å². The topological polar surface area (TPSA) is 6.48 Å². The zero-order chi connectivity index (χ0) is 9.80. The number of halogens is 1. The molecule has 3 heteroatoms. The van der Waals surface area contributed by atoms with Gasteiger partial charge >= 0.3 is 0 Å². The van der Waals surface area contributed by atoms with Gasteiger partial charge in [-0.05, 0) is 51.9 Å². The number of rotatable bonds is 4. The molecular weight excluding hydrogens is 196 g/mol. The second kappa shape index (κ2) is 5.34. The van der Waals surface area contributed by atoms with Crippen LogP contribution in [0.25, 0.3) is 0 Å². The highest BCUT2D eigenvalue weighted by atomic mass is 35.5. The lowest BCUT2D eigenvalue weighted by Crippen LogP contribution is -2.35. The average molecular weight is 217 g/mol. The van der Waals surface area contributed by atoms with Crippen LogP contribution in [0.2, 0.25) is 0 Å². The summed E-state index contributed by atoms with van der Waals surface area (Å²) >= 11 is 5.71. The normalized spacial score (nSPS) is 30.2. The molecule has 2 aliphatic rings. The standard InChI is InChI=1S/C11H21ClN2/c12-5-3-6-13-9-4-11(10-13)14-7-1-2-8-14/h11H,1-10H2. The summed E-state index contributed by atoms with van der Waals surface area (Å²) in [4.78, 5) is 5.26. The van der Waals surface area contributed by atoms with E-state index in [1.54, 1.807) is 0 Å². The summed E-state index contributed by atoms with van der Waals surface area (Å²) in [6, 6.07) is 0.854. The first-order chi connectivity index (χ1) is 6.90. The van der Waals surface area contributed by atoms with Crippen LogP contribution in [-0.4, -0.2) is 54.4 Å². The lowest BCUT2D eigenvalue weighted by molar-refractivity contribution is 0.232. The van der Waals surface area contributed by atoms with Gasteiger partial charge in [0, 0.05) is 18.5 Å². The van der Waals surface area contributed by atoms with Crippen molar-refractivity contribution in [2.24, 2.45) is 0 Å². The zero-order valence-corrected chi connectivity index (χ0v) is 9.68.